The fraction of sp³-hybridized carbons (Fsp3) is 0.545. The zero-order valence-corrected chi connectivity index (χ0v) is 11.3. The van der Waals surface area contributed by atoms with Gasteiger partial charge in [0.25, 0.3) is 5.91 Å². The molecule has 0 radical (unpaired) electrons. The number of nitrogens with zero attached hydrogens (tertiary/aromatic N) is 1. The molecule has 0 spiro atoms. The predicted octanol–water partition coefficient (Wildman–Crippen LogP) is 3.13. The van der Waals surface area contributed by atoms with Crippen LogP contribution in [0.25, 0.3) is 0 Å². The lowest BCUT2D eigenvalue weighted by molar-refractivity contribution is 0.0653. The topological polar surface area (TPSA) is 33.5 Å². The highest BCUT2D eigenvalue weighted by molar-refractivity contribution is 9.10. The molecule has 0 bridgehead atoms. The van der Waals surface area contributed by atoms with Crippen LogP contribution in [-0.4, -0.2) is 29.3 Å². The SMILES string of the molecule is CC1CN(C(=O)c2ccc(Br)o2)CCC1Cl. The highest BCUT2D eigenvalue weighted by Crippen LogP contribution is 2.24. The van der Waals surface area contributed by atoms with Gasteiger partial charge in [-0.1, -0.05) is 6.92 Å². The number of carbonyl (C=O) groups is 1. The highest BCUT2D eigenvalue weighted by Gasteiger charge is 2.28. The van der Waals surface area contributed by atoms with E-state index in [4.69, 9.17) is 16.0 Å². The van der Waals surface area contributed by atoms with E-state index in [2.05, 4.69) is 22.9 Å². The first-order valence-corrected chi connectivity index (χ1v) is 6.49. The first-order valence-electron chi connectivity index (χ1n) is 5.26. The van der Waals surface area contributed by atoms with Crippen molar-refractivity contribution in [2.45, 2.75) is 18.7 Å². The molecule has 1 amide bonds. The van der Waals surface area contributed by atoms with E-state index in [-0.39, 0.29) is 11.3 Å². The van der Waals surface area contributed by atoms with Crippen LogP contribution in [0, 0.1) is 5.92 Å². The Hall–Kier alpha value is -0.480. The molecule has 2 unspecified atom stereocenters. The van der Waals surface area contributed by atoms with E-state index in [0.717, 1.165) is 6.42 Å². The lowest BCUT2D eigenvalue weighted by Gasteiger charge is -2.33. The van der Waals surface area contributed by atoms with Gasteiger partial charge in [-0.05, 0) is 40.4 Å². The number of halogens is 2. The molecule has 1 aromatic rings. The monoisotopic (exact) mass is 305 g/mol. The molecule has 3 nitrogen and oxygen atoms in total. The van der Waals surface area contributed by atoms with Crippen molar-refractivity contribution in [3.63, 3.8) is 0 Å². The standard InChI is InChI=1S/C11H13BrClNO2/c1-7-6-14(5-4-8(7)13)11(15)9-2-3-10(12)16-9/h2-3,7-8H,4-6H2,1H3. The molecular formula is C11H13BrClNO2. The van der Waals surface area contributed by atoms with Crippen LogP contribution in [0.3, 0.4) is 0 Å². The normalized spacial score (nSPS) is 25.8. The molecule has 1 fully saturated rings. The van der Waals surface area contributed by atoms with Crippen LogP contribution in [0.1, 0.15) is 23.9 Å². The van der Waals surface area contributed by atoms with Crippen molar-refractivity contribution in [1.29, 1.82) is 0 Å². The van der Waals surface area contributed by atoms with Crippen molar-refractivity contribution in [3.8, 4) is 0 Å². The van der Waals surface area contributed by atoms with Crippen LogP contribution in [0.5, 0.6) is 0 Å². The van der Waals surface area contributed by atoms with Gasteiger partial charge < -0.3 is 9.32 Å². The number of amides is 1. The molecule has 2 heterocycles. The van der Waals surface area contributed by atoms with Crippen LogP contribution in [0.2, 0.25) is 0 Å². The summed E-state index contributed by atoms with van der Waals surface area (Å²) in [6.07, 6.45) is 0.844. The number of piperidine rings is 1. The number of likely N-dealkylation sites (tertiary alicyclic amines) is 1. The van der Waals surface area contributed by atoms with Gasteiger partial charge in [-0.2, -0.15) is 0 Å². The number of hydrogen-bond donors (Lipinski definition) is 0. The fourth-order valence-electron chi connectivity index (χ4n) is 1.89. The van der Waals surface area contributed by atoms with E-state index in [1.165, 1.54) is 0 Å². The zero-order valence-electron chi connectivity index (χ0n) is 8.95. The van der Waals surface area contributed by atoms with Gasteiger partial charge in [-0.25, -0.2) is 0 Å². The van der Waals surface area contributed by atoms with Crippen LogP contribution in [-0.2, 0) is 0 Å². The second kappa shape index (κ2) is 4.80. The third-order valence-corrected chi connectivity index (χ3v) is 3.95. The lowest BCUT2D eigenvalue weighted by Crippen LogP contribution is -2.43. The van der Waals surface area contributed by atoms with Crippen molar-refractivity contribution in [2.24, 2.45) is 5.92 Å². The summed E-state index contributed by atoms with van der Waals surface area (Å²) >= 11 is 9.31. The molecule has 0 N–H and O–H groups in total. The van der Waals surface area contributed by atoms with Gasteiger partial charge in [0.2, 0.25) is 0 Å². The number of hydrogen-bond acceptors (Lipinski definition) is 2. The summed E-state index contributed by atoms with van der Waals surface area (Å²) in [4.78, 5) is 13.8. The first-order chi connectivity index (χ1) is 7.58. The molecule has 0 aliphatic carbocycles. The van der Waals surface area contributed by atoms with Crippen LogP contribution < -0.4 is 0 Å². The molecule has 0 saturated carbocycles. The summed E-state index contributed by atoms with van der Waals surface area (Å²) in [6.45, 7) is 3.47. The van der Waals surface area contributed by atoms with Crippen LogP contribution >= 0.6 is 27.5 Å². The Balaban J connectivity index is 2.06. The minimum Gasteiger partial charge on any atom is -0.444 e. The highest BCUT2D eigenvalue weighted by atomic mass is 79.9. The first kappa shape index (κ1) is 12.0. The second-order valence-electron chi connectivity index (χ2n) is 4.14. The van der Waals surface area contributed by atoms with Gasteiger partial charge in [-0.3, -0.25) is 4.79 Å². The molecule has 1 aliphatic heterocycles. The van der Waals surface area contributed by atoms with E-state index in [1.54, 1.807) is 17.0 Å². The van der Waals surface area contributed by atoms with Gasteiger partial charge in [0.05, 0.1) is 0 Å². The summed E-state index contributed by atoms with van der Waals surface area (Å²) < 4.78 is 5.83. The summed E-state index contributed by atoms with van der Waals surface area (Å²) in [5.74, 6) is 0.658. The van der Waals surface area contributed by atoms with E-state index in [0.29, 0.717) is 29.4 Å². The fourth-order valence-corrected chi connectivity index (χ4v) is 2.37. The third-order valence-electron chi connectivity index (χ3n) is 2.87. The summed E-state index contributed by atoms with van der Waals surface area (Å²) in [5.41, 5.74) is 0. The molecule has 0 aromatic carbocycles. The smallest absolute Gasteiger partial charge is 0.289 e. The molecule has 16 heavy (non-hydrogen) atoms. The Kier molecular flexibility index (Phi) is 3.60. The largest absolute Gasteiger partial charge is 0.444 e. The summed E-state index contributed by atoms with van der Waals surface area (Å²) in [7, 11) is 0. The van der Waals surface area contributed by atoms with E-state index in [9.17, 15) is 4.79 Å². The van der Waals surface area contributed by atoms with Crippen molar-refractivity contribution < 1.29 is 9.21 Å². The Morgan fingerprint density at radius 1 is 1.62 bits per heavy atom. The molecule has 1 saturated heterocycles. The minimum atomic E-state index is -0.0545. The van der Waals surface area contributed by atoms with Crippen molar-refractivity contribution in [1.82, 2.24) is 4.90 Å². The molecule has 1 aromatic heterocycles. The minimum absolute atomic E-state index is 0.0545. The van der Waals surface area contributed by atoms with Crippen molar-refractivity contribution in [3.05, 3.63) is 22.6 Å². The molecule has 1 aliphatic rings. The molecule has 5 heteroatoms. The summed E-state index contributed by atoms with van der Waals surface area (Å²) in [5, 5.41) is 0.174. The molecular weight excluding hydrogens is 293 g/mol. The van der Waals surface area contributed by atoms with E-state index < -0.39 is 0 Å². The number of alkyl halides is 1. The van der Waals surface area contributed by atoms with Crippen molar-refractivity contribution in [2.75, 3.05) is 13.1 Å². The Morgan fingerprint density at radius 3 is 2.94 bits per heavy atom. The average molecular weight is 307 g/mol. The Bertz CT molecular complexity index is 393. The molecule has 2 atom stereocenters. The number of carbonyl (C=O) groups excluding carboxylic acids is 1. The second-order valence-corrected chi connectivity index (χ2v) is 5.48. The molecule has 2 rings (SSSR count). The Labute approximate surface area is 108 Å². The Morgan fingerprint density at radius 2 is 2.38 bits per heavy atom. The maximum absolute atomic E-state index is 12.0. The van der Waals surface area contributed by atoms with Gasteiger partial charge in [0.15, 0.2) is 10.4 Å². The van der Waals surface area contributed by atoms with Gasteiger partial charge in [0.1, 0.15) is 0 Å². The maximum Gasteiger partial charge on any atom is 0.289 e. The van der Waals surface area contributed by atoms with Gasteiger partial charge in [0, 0.05) is 18.5 Å². The third kappa shape index (κ3) is 2.43. The quantitative estimate of drug-likeness (QED) is 0.747. The van der Waals surface area contributed by atoms with Gasteiger partial charge >= 0.3 is 0 Å². The lowest BCUT2D eigenvalue weighted by atomic mass is 9.99. The predicted molar refractivity (Wildman–Crippen MR) is 65.7 cm³/mol. The molecule has 88 valence electrons. The van der Waals surface area contributed by atoms with Crippen LogP contribution in [0.15, 0.2) is 21.2 Å². The average Bonchev–Trinajstić information content (AvgIpc) is 2.68. The zero-order chi connectivity index (χ0) is 11.7. The van der Waals surface area contributed by atoms with E-state index >= 15 is 0 Å². The van der Waals surface area contributed by atoms with Gasteiger partial charge in [-0.15, -0.1) is 11.6 Å². The number of rotatable bonds is 1. The van der Waals surface area contributed by atoms with Crippen molar-refractivity contribution >= 4 is 33.4 Å². The summed E-state index contributed by atoms with van der Waals surface area (Å²) in [6, 6.07) is 3.41. The maximum atomic E-state index is 12.0. The number of furan rings is 1. The van der Waals surface area contributed by atoms with E-state index in [1.807, 2.05) is 0 Å². The van der Waals surface area contributed by atoms with Crippen LogP contribution in [0.4, 0.5) is 0 Å².